The minimum Gasteiger partial charge on any atom is -0.306 e. The molecular weight excluding hydrogens is 203 g/mol. The average Bonchev–Trinajstić information content (AvgIpc) is 2.78. The number of rotatable bonds is 3. The fourth-order valence-corrected chi connectivity index (χ4v) is 1.56. The van der Waals surface area contributed by atoms with Crippen LogP contribution in [-0.4, -0.2) is 9.55 Å². The van der Waals surface area contributed by atoms with Crippen LogP contribution in [0.2, 0.25) is 0 Å². The van der Waals surface area contributed by atoms with E-state index in [0.29, 0.717) is 5.92 Å². The minimum atomic E-state index is -0.217. The molecule has 0 saturated carbocycles. The van der Waals surface area contributed by atoms with Crippen molar-refractivity contribution in [1.82, 2.24) is 9.55 Å². The molecule has 2 aromatic rings. The lowest BCUT2D eigenvalue weighted by atomic mass is 10.1. The Hall–Kier alpha value is -1.64. The van der Waals surface area contributed by atoms with Crippen molar-refractivity contribution in [3.63, 3.8) is 0 Å². The van der Waals surface area contributed by atoms with E-state index in [4.69, 9.17) is 0 Å². The molecule has 0 spiro atoms. The Kier molecular flexibility index (Phi) is 3.04. The monoisotopic (exact) mass is 218 g/mol. The number of benzene rings is 1. The van der Waals surface area contributed by atoms with Gasteiger partial charge < -0.3 is 4.57 Å². The highest BCUT2D eigenvalue weighted by atomic mass is 19.1. The first kappa shape index (κ1) is 10.9. The van der Waals surface area contributed by atoms with Crippen LogP contribution < -0.4 is 0 Å². The smallest absolute Gasteiger partial charge is 0.123 e. The van der Waals surface area contributed by atoms with Crippen LogP contribution in [0.5, 0.6) is 0 Å². The predicted molar refractivity (Wildman–Crippen MR) is 62.2 cm³/mol. The van der Waals surface area contributed by atoms with Crippen molar-refractivity contribution in [2.75, 3.05) is 0 Å². The van der Waals surface area contributed by atoms with Gasteiger partial charge in [-0.1, -0.05) is 13.8 Å². The molecule has 0 aliphatic carbocycles. The Morgan fingerprint density at radius 3 is 2.62 bits per heavy atom. The van der Waals surface area contributed by atoms with Gasteiger partial charge >= 0.3 is 0 Å². The SMILES string of the molecule is CCC(C)c1cn(-c2ccc(F)cc2)cn1. The van der Waals surface area contributed by atoms with Crippen molar-refractivity contribution in [3.05, 3.63) is 48.3 Å². The highest BCUT2D eigenvalue weighted by Crippen LogP contribution is 2.18. The van der Waals surface area contributed by atoms with Gasteiger partial charge in [0.2, 0.25) is 0 Å². The van der Waals surface area contributed by atoms with Crippen molar-refractivity contribution in [3.8, 4) is 5.69 Å². The van der Waals surface area contributed by atoms with E-state index < -0.39 is 0 Å². The van der Waals surface area contributed by atoms with Gasteiger partial charge in [0.05, 0.1) is 12.0 Å². The highest BCUT2D eigenvalue weighted by molar-refractivity contribution is 5.32. The maximum absolute atomic E-state index is 12.8. The van der Waals surface area contributed by atoms with Crippen molar-refractivity contribution < 1.29 is 4.39 Å². The number of aromatic nitrogens is 2. The third-order valence-electron chi connectivity index (χ3n) is 2.84. The molecule has 0 aliphatic heterocycles. The summed E-state index contributed by atoms with van der Waals surface area (Å²) in [7, 11) is 0. The molecule has 1 heterocycles. The number of halogens is 1. The highest BCUT2D eigenvalue weighted by Gasteiger charge is 2.07. The Labute approximate surface area is 94.8 Å². The van der Waals surface area contributed by atoms with Crippen LogP contribution in [0.15, 0.2) is 36.8 Å². The molecule has 84 valence electrons. The lowest BCUT2D eigenvalue weighted by Crippen LogP contribution is -1.92. The second-order valence-electron chi connectivity index (χ2n) is 3.99. The molecule has 1 unspecified atom stereocenters. The third-order valence-corrected chi connectivity index (χ3v) is 2.84. The molecule has 1 aromatic carbocycles. The van der Waals surface area contributed by atoms with Gasteiger partial charge in [-0.15, -0.1) is 0 Å². The molecule has 16 heavy (non-hydrogen) atoms. The maximum Gasteiger partial charge on any atom is 0.123 e. The summed E-state index contributed by atoms with van der Waals surface area (Å²) in [6, 6.07) is 6.41. The van der Waals surface area contributed by atoms with Crippen molar-refractivity contribution >= 4 is 0 Å². The zero-order chi connectivity index (χ0) is 11.5. The molecular formula is C13H15FN2. The number of hydrogen-bond acceptors (Lipinski definition) is 1. The molecule has 3 heteroatoms. The van der Waals surface area contributed by atoms with Crippen LogP contribution >= 0.6 is 0 Å². The Morgan fingerprint density at radius 1 is 1.31 bits per heavy atom. The zero-order valence-corrected chi connectivity index (χ0v) is 9.52. The molecule has 2 rings (SSSR count). The van der Waals surface area contributed by atoms with Crippen LogP contribution in [0.1, 0.15) is 31.9 Å². The summed E-state index contributed by atoms with van der Waals surface area (Å²) in [6.07, 6.45) is 4.84. The predicted octanol–water partition coefficient (Wildman–Crippen LogP) is 3.52. The molecule has 0 N–H and O–H groups in total. The van der Waals surface area contributed by atoms with Gasteiger partial charge in [-0.2, -0.15) is 0 Å². The Morgan fingerprint density at radius 2 is 2.00 bits per heavy atom. The first-order chi connectivity index (χ1) is 7.70. The van der Waals surface area contributed by atoms with Gasteiger partial charge in [-0.25, -0.2) is 9.37 Å². The van der Waals surface area contributed by atoms with Gasteiger partial charge in [0.15, 0.2) is 0 Å². The van der Waals surface area contributed by atoms with Gasteiger partial charge in [-0.3, -0.25) is 0 Å². The van der Waals surface area contributed by atoms with Crippen molar-refractivity contribution in [2.45, 2.75) is 26.2 Å². The van der Waals surface area contributed by atoms with Crippen molar-refractivity contribution in [1.29, 1.82) is 0 Å². The summed E-state index contributed by atoms with van der Waals surface area (Å²) in [5.74, 6) is 0.243. The summed E-state index contributed by atoms with van der Waals surface area (Å²) in [5.41, 5.74) is 2.01. The third kappa shape index (κ3) is 2.13. The van der Waals surface area contributed by atoms with E-state index in [1.807, 2.05) is 10.8 Å². The molecule has 0 radical (unpaired) electrons. The van der Waals surface area contributed by atoms with Gasteiger partial charge in [0.25, 0.3) is 0 Å². The molecule has 0 amide bonds. The molecule has 0 bridgehead atoms. The average molecular weight is 218 g/mol. The van der Waals surface area contributed by atoms with E-state index in [9.17, 15) is 4.39 Å². The molecule has 2 nitrogen and oxygen atoms in total. The second-order valence-corrected chi connectivity index (χ2v) is 3.99. The maximum atomic E-state index is 12.8. The number of nitrogens with zero attached hydrogens (tertiary/aromatic N) is 2. The Bertz CT molecular complexity index is 459. The number of imidazole rings is 1. The first-order valence-electron chi connectivity index (χ1n) is 5.50. The van der Waals surface area contributed by atoms with Gasteiger partial charge in [0.1, 0.15) is 5.82 Å². The molecule has 1 atom stereocenters. The van der Waals surface area contributed by atoms with E-state index in [1.54, 1.807) is 18.5 Å². The molecule has 0 aliphatic rings. The van der Waals surface area contributed by atoms with Crippen LogP contribution in [0.25, 0.3) is 5.69 Å². The van der Waals surface area contributed by atoms with E-state index in [1.165, 1.54) is 12.1 Å². The second kappa shape index (κ2) is 4.47. The fourth-order valence-electron chi connectivity index (χ4n) is 1.56. The lowest BCUT2D eigenvalue weighted by Gasteiger charge is -2.03. The van der Waals surface area contributed by atoms with Gasteiger partial charge in [-0.05, 0) is 36.6 Å². The Balaban J connectivity index is 2.28. The largest absolute Gasteiger partial charge is 0.306 e. The molecule has 1 aromatic heterocycles. The van der Waals surface area contributed by atoms with Crippen LogP contribution in [-0.2, 0) is 0 Å². The molecule has 0 saturated heterocycles. The summed E-state index contributed by atoms with van der Waals surface area (Å²) in [6.45, 7) is 4.29. The summed E-state index contributed by atoms with van der Waals surface area (Å²) >= 11 is 0. The quantitative estimate of drug-likeness (QED) is 0.770. The minimum absolute atomic E-state index is 0.217. The topological polar surface area (TPSA) is 17.8 Å². The first-order valence-corrected chi connectivity index (χ1v) is 5.50. The van der Waals surface area contributed by atoms with Crippen molar-refractivity contribution in [2.24, 2.45) is 0 Å². The summed E-state index contributed by atoms with van der Waals surface area (Å²) < 4.78 is 14.7. The standard InChI is InChI=1S/C13H15FN2/c1-3-10(2)13-8-16(9-15-13)12-6-4-11(14)5-7-12/h4-10H,3H2,1-2H3. The summed E-state index contributed by atoms with van der Waals surface area (Å²) in [5, 5.41) is 0. The van der Waals surface area contributed by atoms with Crippen LogP contribution in [0, 0.1) is 5.82 Å². The van der Waals surface area contributed by atoms with E-state index in [0.717, 1.165) is 17.8 Å². The van der Waals surface area contributed by atoms with E-state index in [-0.39, 0.29) is 5.82 Å². The molecule has 0 fully saturated rings. The van der Waals surface area contributed by atoms with E-state index >= 15 is 0 Å². The van der Waals surface area contributed by atoms with Crippen LogP contribution in [0.4, 0.5) is 4.39 Å². The van der Waals surface area contributed by atoms with E-state index in [2.05, 4.69) is 18.8 Å². The zero-order valence-electron chi connectivity index (χ0n) is 9.52. The van der Waals surface area contributed by atoms with Crippen LogP contribution in [0.3, 0.4) is 0 Å². The normalized spacial score (nSPS) is 12.7. The summed E-state index contributed by atoms with van der Waals surface area (Å²) in [4.78, 5) is 4.35. The fraction of sp³-hybridized carbons (Fsp3) is 0.308. The van der Waals surface area contributed by atoms with Gasteiger partial charge in [0, 0.05) is 11.9 Å². The number of hydrogen-bond donors (Lipinski definition) is 0. The lowest BCUT2D eigenvalue weighted by molar-refractivity contribution is 0.627.